The monoisotopic (exact) mass is 480 g/mol. The second-order valence-electron chi connectivity index (χ2n) is 8.40. The van der Waals surface area contributed by atoms with Gasteiger partial charge in [-0.3, -0.25) is 23.6 Å². The molecule has 0 bridgehead atoms. The summed E-state index contributed by atoms with van der Waals surface area (Å²) in [7, 11) is 0. The van der Waals surface area contributed by atoms with E-state index in [1.807, 2.05) is 0 Å². The molecule has 3 heterocycles. The Labute approximate surface area is 200 Å². The van der Waals surface area contributed by atoms with Gasteiger partial charge in [0.05, 0.1) is 5.92 Å². The highest BCUT2D eigenvalue weighted by Gasteiger charge is 2.32. The largest absolute Gasteiger partial charge is 0.501 e. The first-order valence-electron chi connectivity index (χ1n) is 11.4. The van der Waals surface area contributed by atoms with Crippen LogP contribution in [0.15, 0.2) is 47.4 Å². The van der Waals surface area contributed by atoms with Gasteiger partial charge in [0.15, 0.2) is 5.69 Å². The predicted octanol–water partition coefficient (Wildman–Crippen LogP) is 2.15. The summed E-state index contributed by atoms with van der Waals surface area (Å²) in [6, 6.07) is 8.59. The van der Waals surface area contributed by atoms with E-state index in [9.17, 15) is 28.7 Å². The van der Waals surface area contributed by atoms with Crippen LogP contribution in [0.1, 0.15) is 53.7 Å². The Morgan fingerprint density at radius 2 is 1.83 bits per heavy atom. The van der Waals surface area contributed by atoms with Crippen LogP contribution >= 0.6 is 0 Å². The molecule has 2 amide bonds. The quantitative estimate of drug-likeness (QED) is 0.500. The molecule has 1 fully saturated rings. The van der Waals surface area contributed by atoms with Crippen LogP contribution in [-0.2, 0) is 16.1 Å². The number of nitrogens with zero attached hydrogens (tertiary/aromatic N) is 3. The fourth-order valence-corrected chi connectivity index (χ4v) is 4.24. The van der Waals surface area contributed by atoms with Crippen molar-refractivity contribution in [2.75, 3.05) is 13.1 Å². The van der Waals surface area contributed by atoms with Gasteiger partial charge < -0.3 is 15.3 Å². The first-order chi connectivity index (χ1) is 16.8. The SMILES string of the molecule is CCC(C(=O)C(=O)N1CCCC1)c1cccn2c(=O)c(O)c(C(=O)NCc3ccc(F)cc3)nc12. The second kappa shape index (κ2) is 10.0. The molecule has 2 aromatic heterocycles. The highest BCUT2D eigenvalue weighted by molar-refractivity contribution is 6.38. The maximum atomic E-state index is 13.1. The van der Waals surface area contributed by atoms with Crippen LogP contribution < -0.4 is 10.9 Å². The molecule has 1 aromatic carbocycles. The number of carbonyl (C=O) groups excluding carboxylic acids is 3. The van der Waals surface area contributed by atoms with Crippen LogP contribution in [0.5, 0.6) is 5.75 Å². The minimum Gasteiger partial charge on any atom is -0.501 e. The van der Waals surface area contributed by atoms with Crippen molar-refractivity contribution in [2.45, 2.75) is 38.6 Å². The van der Waals surface area contributed by atoms with Crippen LogP contribution in [0.25, 0.3) is 5.65 Å². The van der Waals surface area contributed by atoms with E-state index in [4.69, 9.17) is 0 Å². The molecule has 3 aromatic rings. The van der Waals surface area contributed by atoms with Gasteiger partial charge in [-0.2, -0.15) is 0 Å². The van der Waals surface area contributed by atoms with Gasteiger partial charge >= 0.3 is 5.56 Å². The number of aromatic nitrogens is 2. The third kappa shape index (κ3) is 4.77. The topological polar surface area (TPSA) is 121 Å². The Hall–Kier alpha value is -4.08. The zero-order valence-corrected chi connectivity index (χ0v) is 19.2. The molecule has 1 atom stereocenters. The van der Waals surface area contributed by atoms with E-state index in [1.54, 1.807) is 13.0 Å². The van der Waals surface area contributed by atoms with Crippen molar-refractivity contribution in [3.8, 4) is 5.75 Å². The molecule has 1 saturated heterocycles. The number of benzene rings is 1. The van der Waals surface area contributed by atoms with Crippen LogP contribution in [0.3, 0.4) is 0 Å². The smallest absolute Gasteiger partial charge is 0.300 e. The Morgan fingerprint density at radius 3 is 2.49 bits per heavy atom. The van der Waals surface area contributed by atoms with Crippen LogP contribution in [0.2, 0.25) is 0 Å². The summed E-state index contributed by atoms with van der Waals surface area (Å²) in [5.41, 5.74) is -0.446. The maximum Gasteiger partial charge on any atom is 0.300 e. The van der Waals surface area contributed by atoms with Gasteiger partial charge in [0.2, 0.25) is 11.5 Å². The van der Waals surface area contributed by atoms with E-state index in [1.165, 1.54) is 41.4 Å². The first-order valence-corrected chi connectivity index (χ1v) is 11.4. The number of carbonyl (C=O) groups is 3. The average Bonchev–Trinajstić information content (AvgIpc) is 3.41. The minimum atomic E-state index is -0.878. The van der Waals surface area contributed by atoms with E-state index in [-0.39, 0.29) is 18.6 Å². The van der Waals surface area contributed by atoms with Crippen molar-refractivity contribution in [2.24, 2.45) is 0 Å². The zero-order chi connectivity index (χ0) is 25.1. The van der Waals surface area contributed by atoms with E-state index in [0.717, 1.165) is 17.2 Å². The zero-order valence-electron chi connectivity index (χ0n) is 19.2. The number of hydrogen-bond donors (Lipinski definition) is 2. The summed E-state index contributed by atoms with van der Waals surface area (Å²) in [6.07, 6.45) is 3.34. The number of amides is 2. The lowest BCUT2D eigenvalue weighted by molar-refractivity contribution is -0.144. The fraction of sp³-hybridized carbons (Fsp3) is 0.320. The number of aromatic hydroxyl groups is 1. The van der Waals surface area contributed by atoms with Crippen LogP contribution in [0, 0.1) is 5.82 Å². The third-order valence-corrected chi connectivity index (χ3v) is 6.15. The van der Waals surface area contributed by atoms with Gasteiger partial charge in [-0.25, -0.2) is 9.37 Å². The van der Waals surface area contributed by atoms with Crippen molar-refractivity contribution in [3.63, 3.8) is 0 Å². The van der Waals surface area contributed by atoms with E-state index >= 15 is 0 Å². The highest BCUT2D eigenvalue weighted by atomic mass is 19.1. The lowest BCUT2D eigenvalue weighted by atomic mass is 9.92. The van der Waals surface area contributed by atoms with Gasteiger partial charge in [-0.05, 0) is 43.0 Å². The van der Waals surface area contributed by atoms with Crippen molar-refractivity contribution >= 4 is 23.2 Å². The molecular weight excluding hydrogens is 455 g/mol. The second-order valence-corrected chi connectivity index (χ2v) is 8.40. The minimum absolute atomic E-state index is 0.0108. The number of halogens is 1. The van der Waals surface area contributed by atoms with Crippen molar-refractivity contribution in [1.29, 1.82) is 0 Å². The highest BCUT2D eigenvalue weighted by Crippen LogP contribution is 2.26. The van der Waals surface area contributed by atoms with E-state index in [0.29, 0.717) is 24.2 Å². The summed E-state index contributed by atoms with van der Waals surface area (Å²) in [5.74, 6) is -4.12. The third-order valence-electron chi connectivity index (χ3n) is 6.15. The van der Waals surface area contributed by atoms with Gasteiger partial charge in [-0.15, -0.1) is 0 Å². The standard InChI is InChI=1S/C25H25FN4O5/c1-2-17(20(31)24(34)29-11-3-4-12-29)18-6-5-13-30-22(18)28-19(21(32)25(30)35)23(33)27-14-15-7-9-16(26)10-8-15/h5-10,13,17,32H,2-4,11-12,14H2,1H3,(H,27,33). The Morgan fingerprint density at radius 1 is 1.14 bits per heavy atom. The molecule has 10 heteroatoms. The Kier molecular flexibility index (Phi) is 6.90. The molecule has 0 saturated carbocycles. The molecule has 9 nitrogen and oxygen atoms in total. The fourth-order valence-electron chi connectivity index (χ4n) is 4.24. The number of ketones is 1. The molecular formula is C25H25FN4O5. The lowest BCUT2D eigenvalue weighted by Crippen LogP contribution is -2.37. The molecule has 0 spiro atoms. The first kappa shape index (κ1) is 24.1. The number of Topliss-reactive ketones (excluding diaryl/α,β-unsaturated/α-hetero) is 1. The van der Waals surface area contributed by atoms with Gasteiger partial charge in [0.1, 0.15) is 11.5 Å². The predicted molar refractivity (Wildman–Crippen MR) is 125 cm³/mol. The van der Waals surface area contributed by atoms with E-state index < -0.39 is 46.3 Å². The maximum absolute atomic E-state index is 13.1. The summed E-state index contributed by atoms with van der Waals surface area (Å²) in [4.78, 5) is 57.2. The van der Waals surface area contributed by atoms with Crippen molar-refractivity contribution in [1.82, 2.24) is 19.6 Å². The molecule has 182 valence electrons. The number of nitrogens with one attached hydrogen (secondary N) is 1. The Balaban J connectivity index is 1.69. The van der Waals surface area contributed by atoms with Crippen molar-refractivity contribution < 1.29 is 23.9 Å². The van der Waals surface area contributed by atoms with E-state index in [2.05, 4.69) is 10.3 Å². The summed E-state index contributed by atoms with van der Waals surface area (Å²) in [5, 5.41) is 12.9. The number of rotatable bonds is 7. The number of pyridine rings is 1. The van der Waals surface area contributed by atoms with Gasteiger partial charge in [0.25, 0.3) is 11.8 Å². The summed E-state index contributed by atoms with van der Waals surface area (Å²) >= 11 is 0. The molecule has 1 aliphatic rings. The molecule has 0 radical (unpaired) electrons. The number of likely N-dealkylation sites (tertiary alicyclic amines) is 1. The van der Waals surface area contributed by atoms with Gasteiger partial charge in [0, 0.05) is 31.4 Å². The molecule has 4 rings (SSSR count). The Bertz CT molecular complexity index is 1350. The number of fused-ring (bicyclic) bond motifs is 1. The lowest BCUT2D eigenvalue weighted by Gasteiger charge is -2.20. The molecule has 1 unspecified atom stereocenters. The van der Waals surface area contributed by atoms with Gasteiger partial charge in [-0.1, -0.05) is 25.1 Å². The number of hydrogen-bond acceptors (Lipinski definition) is 6. The molecule has 2 N–H and O–H groups in total. The van der Waals surface area contributed by atoms with Crippen LogP contribution in [-0.4, -0.2) is 50.1 Å². The molecule has 0 aliphatic carbocycles. The van der Waals surface area contributed by atoms with Crippen molar-refractivity contribution in [3.05, 3.63) is 75.6 Å². The van der Waals surface area contributed by atoms with Crippen LogP contribution in [0.4, 0.5) is 4.39 Å². The molecule has 35 heavy (non-hydrogen) atoms. The summed E-state index contributed by atoms with van der Waals surface area (Å²) < 4.78 is 14.2. The average molecular weight is 480 g/mol. The normalized spacial score (nSPS) is 14.2. The summed E-state index contributed by atoms with van der Waals surface area (Å²) in [6.45, 7) is 2.82. The molecule has 1 aliphatic heterocycles.